The zero-order valence-corrected chi connectivity index (χ0v) is 13.7. The van der Waals surface area contributed by atoms with Crippen LogP contribution in [0, 0.1) is 0 Å². The topological polar surface area (TPSA) is 83.8 Å². The lowest BCUT2D eigenvalue weighted by Gasteiger charge is -2.14. The van der Waals surface area contributed by atoms with Crippen LogP contribution in [0.3, 0.4) is 0 Å². The summed E-state index contributed by atoms with van der Waals surface area (Å²) >= 11 is 0. The number of ketones is 1. The second-order valence-electron chi connectivity index (χ2n) is 5.53. The van der Waals surface area contributed by atoms with E-state index in [-0.39, 0.29) is 23.7 Å². The van der Waals surface area contributed by atoms with Crippen molar-refractivity contribution in [2.45, 2.75) is 33.3 Å². The molecule has 24 heavy (non-hydrogen) atoms. The zero-order valence-electron chi connectivity index (χ0n) is 13.7. The Labute approximate surface area is 140 Å². The Morgan fingerprint density at radius 2 is 1.92 bits per heavy atom. The summed E-state index contributed by atoms with van der Waals surface area (Å²) < 4.78 is 5.67. The van der Waals surface area contributed by atoms with Crippen molar-refractivity contribution in [3.63, 3.8) is 0 Å². The van der Waals surface area contributed by atoms with E-state index in [2.05, 4.69) is 0 Å². The van der Waals surface area contributed by atoms with Crippen molar-refractivity contribution in [2.75, 3.05) is 0 Å². The van der Waals surface area contributed by atoms with E-state index in [1.165, 1.54) is 19.1 Å². The quantitative estimate of drug-likeness (QED) is 0.755. The minimum absolute atomic E-state index is 0.00439. The number of carboxylic acid groups (broad SMARTS) is 1. The van der Waals surface area contributed by atoms with Gasteiger partial charge < -0.3 is 14.9 Å². The van der Waals surface area contributed by atoms with Gasteiger partial charge in [-0.15, -0.1) is 0 Å². The molecule has 2 aromatic carbocycles. The van der Waals surface area contributed by atoms with Crippen LogP contribution in [0.1, 0.15) is 52.1 Å². The fraction of sp³-hybridized carbons (Fsp3) is 0.263. The van der Waals surface area contributed by atoms with E-state index < -0.39 is 5.97 Å². The van der Waals surface area contributed by atoms with Crippen LogP contribution in [0.2, 0.25) is 0 Å². The number of hydrogen-bond donors (Lipinski definition) is 2. The molecule has 0 aliphatic carbocycles. The predicted molar refractivity (Wildman–Crippen MR) is 89.8 cm³/mol. The Bertz CT molecular complexity index is 764. The molecule has 2 N–H and O–H groups in total. The number of hydrogen-bond acceptors (Lipinski definition) is 4. The van der Waals surface area contributed by atoms with E-state index in [4.69, 9.17) is 9.84 Å². The molecule has 2 rings (SSSR count). The lowest BCUT2D eigenvalue weighted by Crippen LogP contribution is -2.05. The molecule has 126 valence electrons. The normalized spacial score (nSPS) is 10.4. The van der Waals surface area contributed by atoms with Crippen LogP contribution < -0.4 is 4.74 Å². The maximum atomic E-state index is 11.6. The van der Waals surface area contributed by atoms with Crippen molar-refractivity contribution in [3.8, 4) is 11.5 Å². The molecule has 0 unspecified atom stereocenters. The smallest absolute Gasteiger partial charge is 0.335 e. The van der Waals surface area contributed by atoms with Crippen LogP contribution in [0.15, 0.2) is 36.4 Å². The highest BCUT2D eigenvalue weighted by molar-refractivity contribution is 5.97. The second kappa shape index (κ2) is 7.64. The van der Waals surface area contributed by atoms with Crippen molar-refractivity contribution in [1.29, 1.82) is 0 Å². The van der Waals surface area contributed by atoms with Gasteiger partial charge in [-0.1, -0.05) is 25.5 Å². The van der Waals surface area contributed by atoms with Crippen molar-refractivity contribution in [2.24, 2.45) is 0 Å². The van der Waals surface area contributed by atoms with Gasteiger partial charge in [0.25, 0.3) is 0 Å². The minimum atomic E-state index is -1.02. The number of aromatic hydroxyl groups is 1. The number of aromatic carboxylic acids is 1. The first-order valence-electron chi connectivity index (χ1n) is 7.74. The summed E-state index contributed by atoms with van der Waals surface area (Å²) in [4.78, 5) is 22.6. The van der Waals surface area contributed by atoms with Crippen LogP contribution >= 0.6 is 0 Å². The van der Waals surface area contributed by atoms with Gasteiger partial charge in [0.05, 0.1) is 11.1 Å². The van der Waals surface area contributed by atoms with Crippen LogP contribution in [-0.2, 0) is 13.0 Å². The highest BCUT2D eigenvalue weighted by Crippen LogP contribution is 2.29. The zero-order chi connectivity index (χ0) is 17.7. The molecule has 0 amide bonds. The van der Waals surface area contributed by atoms with Gasteiger partial charge in [-0.05, 0) is 43.2 Å². The number of carbonyl (C=O) groups is 2. The molecule has 0 aromatic heterocycles. The molecule has 0 bridgehead atoms. The van der Waals surface area contributed by atoms with Crippen molar-refractivity contribution < 1.29 is 24.5 Å². The Hall–Kier alpha value is -2.82. The highest BCUT2D eigenvalue weighted by Gasteiger charge is 2.15. The van der Waals surface area contributed by atoms with E-state index in [0.717, 1.165) is 12.0 Å². The van der Waals surface area contributed by atoms with E-state index in [0.29, 0.717) is 23.3 Å². The Balaban J connectivity index is 2.26. The van der Waals surface area contributed by atoms with Crippen LogP contribution in [0.4, 0.5) is 0 Å². The molecule has 0 saturated heterocycles. The summed E-state index contributed by atoms with van der Waals surface area (Å²) in [6, 6.07) is 9.58. The maximum absolute atomic E-state index is 11.6. The number of carboxylic acids is 1. The molecule has 2 aromatic rings. The van der Waals surface area contributed by atoms with Crippen LogP contribution in [0.5, 0.6) is 11.5 Å². The summed E-state index contributed by atoms with van der Waals surface area (Å²) in [5.41, 5.74) is 1.92. The third-order valence-electron chi connectivity index (χ3n) is 3.73. The molecular formula is C19H20O5. The number of benzene rings is 2. The van der Waals surface area contributed by atoms with Gasteiger partial charge in [-0.25, -0.2) is 4.79 Å². The number of ether oxygens (including phenoxy) is 1. The van der Waals surface area contributed by atoms with Gasteiger partial charge in [0.2, 0.25) is 0 Å². The predicted octanol–water partition coefficient (Wildman–Crippen LogP) is 3.82. The SMILES string of the molecule is CCCc1c(COc2cccc(C(=O)O)c2)ccc(C(C)=O)c1O. The van der Waals surface area contributed by atoms with Crippen molar-refractivity contribution in [1.82, 2.24) is 0 Å². The van der Waals surface area contributed by atoms with Crippen LogP contribution in [0.25, 0.3) is 0 Å². The summed E-state index contributed by atoms with van der Waals surface area (Å²) in [5.74, 6) is -0.765. The number of phenols is 1. The van der Waals surface area contributed by atoms with E-state index in [9.17, 15) is 14.7 Å². The first-order valence-corrected chi connectivity index (χ1v) is 7.74. The molecule has 5 heteroatoms. The molecule has 0 fully saturated rings. The van der Waals surface area contributed by atoms with Gasteiger partial charge in [0.1, 0.15) is 18.1 Å². The number of carbonyl (C=O) groups excluding carboxylic acids is 1. The number of phenolic OH excluding ortho intramolecular Hbond substituents is 1. The standard InChI is InChI=1S/C19H20O5/c1-3-5-17-14(8-9-16(12(2)20)18(17)21)11-24-15-7-4-6-13(10-15)19(22)23/h4,6-10,21H,3,5,11H2,1-2H3,(H,22,23). The van der Waals surface area contributed by atoms with Gasteiger partial charge in [-0.3, -0.25) is 4.79 Å². The Kier molecular flexibility index (Phi) is 5.58. The lowest BCUT2D eigenvalue weighted by molar-refractivity contribution is 0.0696. The largest absolute Gasteiger partial charge is 0.507 e. The molecule has 0 heterocycles. The molecule has 0 aliphatic rings. The summed E-state index contributed by atoms with van der Waals surface area (Å²) in [6.45, 7) is 3.59. The number of rotatable bonds is 7. The molecule has 0 radical (unpaired) electrons. The van der Waals surface area contributed by atoms with Gasteiger partial charge in [0.15, 0.2) is 5.78 Å². The first-order chi connectivity index (χ1) is 11.4. The van der Waals surface area contributed by atoms with Gasteiger partial charge >= 0.3 is 5.97 Å². The summed E-state index contributed by atoms with van der Waals surface area (Å²) in [6.07, 6.45) is 1.44. The molecule has 0 aliphatic heterocycles. The monoisotopic (exact) mass is 328 g/mol. The fourth-order valence-electron chi connectivity index (χ4n) is 2.51. The number of Topliss-reactive ketones (excluding diaryl/α,β-unsaturated/α-hetero) is 1. The molecular weight excluding hydrogens is 308 g/mol. The minimum Gasteiger partial charge on any atom is -0.507 e. The maximum Gasteiger partial charge on any atom is 0.335 e. The third kappa shape index (κ3) is 3.93. The van der Waals surface area contributed by atoms with Crippen LogP contribution in [-0.4, -0.2) is 22.0 Å². The third-order valence-corrected chi connectivity index (χ3v) is 3.73. The fourth-order valence-corrected chi connectivity index (χ4v) is 2.51. The average molecular weight is 328 g/mol. The molecule has 5 nitrogen and oxygen atoms in total. The molecule has 0 atom stereocenters. The van der Waals surface area contributed by atoms with E-state index in [1.807, 2.05) is 6.92 Å². The highest BCUT2D eigenvalue weighted by atomic mass is 16.5. The summed E-state index contributed by atoms with van der Waals surface area (Å²) in [5, 5.41) is 19.3. The van der Waals surface area contributed by atoms with Crippen molar-refractivity contribution in [3.05, 3.63) is 58.7 Å². The Morgan fingerprint density at radius 3 is 2.54 bits per heavy atom. The Morgan fingerprint density at radius 1 is 1.17 bits per heavy atom. The second-order valence-corrected chi connectivity index (χ2v) is 5.53. The van der Waals surface area contributed by atoms with Gasteiger partial charge in [-0.2, -0.15) is 0 Å². The first kappa shape index (κ1) is 17.5. The summed E-state index contributed by atoms with van der Waals surface area (Å²) in [7, 11) is 0. The van der Waals surface area contributed by atoms with Crippen molar-refractivity contribution >= 4 is 11.8 Å². The molecule has 0 saturated carbocycles. The average Bonchev–Trinajstić information content (AvgIpc) is 2.55. The van der Waals surface area contributed by atoms with E-state index >= 15 is 0 Å². The molecule has 0 spiro atoms. The van der Waals surface area contributed by atoms with E-state index in [1.54, 1.807) is 24.3 Å². The lowest BCUT2D eigenvalue weighted by atomic mass is 9.97. The van der Waals surface area contributed by atoms with Gasteiger partial charge in [0, 0.05) is 5.56 Å².